The normalized spacial score (nSPS) is 13.2. The zero-order chi connectivity index (χ0) is 12.0. The fourth-order valence-corrected chi connectivity index (χ4v) is 2.37. The predicted octanol–water partition coefficient (Wildman–Crippen LogP) is 2.40. The molecule has 2 heterocycles. The van der Waals surface area contributed by atoms with Gasteiger partial charge in [0.2, 0.25) is 0 Å². The number of rotatable bonds is 1. The Balaban J connectivity index is 2.18. The molecule has 0 saturated heterocycles. The number of hydrogen-bond donors (Lipinski definition) is 0. The number of aryl methyl sites for hydroxylation is 1. The first-order chi connectivity index (χ1) is 8.20. The Hall–Kier alpha value is -2.03. The molecule has 1 aromatic heterocycles. The molecule has 86 valence electrons. The first-order valence-corrected chi connectivity index (χ1v) is 5.59. The van der Waals surface area contributed by atoms with Gasteiger partial charge >= 0.3 is 0 Å². The molecule has 3 heteroatoms. The van der Waals surface area contributed by atoms with Crippen molar-refractivity contribution in [2.75, 3.05) is 7.11 Å². The average Bonchev–Trinajstić information content (AvgIpc) is 2.71. The Morgan fingerprint density at radius 2 is 2.06 bits per heavy atom. The van der Waals surface area contributed by atoms with Crippen LogP contribution in [0.25, 0.3) is 0 Å². The Bertz CT molecular complexity index is 611. The lowest BCUT2D eigenvalue weighted by Crippen LogP contribution is -2.23. The number of ether oxygens (including phenoxy) is 1. The van der Waals surface area contributed by atoms with Crippen LogP contribution in [0.5, 0.6) is 5.75 Å². The third-order valence-corrected chi connectivity index (χ3v) is 3.28. The van der Waals surface area contributed by atoms with E-state index in [1.165, 1.54) is 0 Å². The van der Waals surface area contributed by atoms with Gasteiger partial charge in [0, 0.05) is 23.4 Å². The summed E-state index contributed by atoms with van der Waals surface area (Å²) in [5.74, 6) is 0.771. The second-order valence-electron chi connectivity index (χ2n) is 4.31. The van der Waals surface area contributed by atoms with Crippen LogP contribution in [0.15, 0.2) is 30.3 Å². The third-order valence-electron chi connectivity index (χ3n) is 3.28. The van der Waals surface area contributed by atoms with Gasteiger partial charge in [0.05, 0.1) is 7.11 Å². The van der Waals surface area contributed by atoms with E-state index in [1.54, 1.807) is 11.7 Å². The van der Waals surface area contributed by atoms with Crippen LogP contribution >= 0.6 is 0 Å². The number of fused-ring (bicyclic) bond motifs is 2. The minimum atomic E-state index is 0.0441. The van der Waals surface area contributed by atoms with Crippen LogP contribution in [0.4, 0.5) is 0 Å². The van der Waals surface area contributed by atoms with E-state index >= 15 is 0 Å². The molecule has 3 nitrogen and oxygen atoms in total. The number of hydrogen-bond acceptors (Lipinski definition) is 2. The Morgan fingerprint density at radius 3 is 2.82 bits per heavy atom. The monoisotopic (exact) mass is 227 g/mol. The molecule has 1 aliphatic rings. The van der Waals surface area contributed by atoms with Crippen LogP contribution in [0.1, 0.15) is 27.3 Å². The van der Waals surface area contributed by atoms with Crippen molar-refractivity contribution < 1.29 is 9.53 Å². The van der Waals surface area contributed by atoms with Crippen molar-refractivity contribution in [3.63, 3.8) is 0 Å². The maximum atomic E-state index is 12.4. The molecule has 0 N–H and O–H groups in total. The van der Waals surface area contributed by atoms with Crippen molar-refractivity contribution >= 4 is 5.91 Å². The van der Waals surface area contributed by atoms with Crippen molar-refractivity contribution in [1.82, 2.24) is 4.57 Å². The zero-order valence-corrected chi connectivity index (χ0v) is 9.86. The lowest BCUT2D eigenvalue weighted by atomic mass is 9.98. The molecule has 1 aliphatic heterocycles. The lowest BCUT2D eigenvalue weighted by molar-refractivity contribution is 0.0950. The molecular weight excluding hydrogens is 214 g/mol. The first-order valence-electron chi connectivity index (χ1n) is 5.59. The van der Waals surface area contributed by atoms with Gasteiger partial charge in [-0.1, -0.05) is 6.07 Å². The second-order valence-corrected chi connectivity index (χ2v) is 4.31. The van der Waals surface area contributed by atoms with E-state index in [-0.39, 0.29) is 5.91 Å². The maximum Gasteiger partial charge on any atom is 0.262 e. The summed E-state index contributed by atoms with van der Waals surface area (Å²) in [5, 5.41) is 0. The summed E-state index contributed by atoms with van der Waals surface area (Å²) in [6.45, 7) is 1.95. The molecule has 0 spiro atoms. The van der Waals surface area contributed by atoms with Crippen molar-refractivity contribution in [3.8, 4) is 5.75 Å². The van der Waals surface area contributed by atoms with E-state index in [4.69, 9.17) is 4.74 Å². The average molecular weight is 227 g/mol. The SMILES string of the molecule is COc1ccc2c(c1)C(=O)n1c(C)ccc1C2. The fourth-order valence-electron chi connectivity index (χ4n) is 2.37. The zero-order valence-electron chi connectivity index (χ0n) is 9.86. The van der Waals surface area contributed by atoms with Gasteiger partial charge < -0.3 is 4.74 Å². The number of carbonyl (C=O) groups excluding carboxylic acids is 1. The number of nitrogens with zero attached hydrogens (tertiary/aromatic N) is 1. The minimum Gasteiger partial charge on any atom is -0.497 e. The molecule has 0 unspecified atom stereocenters. The van der Waals surface area contributed by atoms with Crippen LogP contribution in [0.3, 0.4) is 0 Å². The first kappa shape index (κ1) is 10.1. The van der Waals surface area contributed by atoms with Crippen molar-refractivity contribution in [2.45, 2.75) is 13.3 Å². The van der Waals surface area contributed by atoms with E-state index in [0.717, 1.165) is 34.7 Å². The Labute approximate surface area is 99.6 Å². The summed E-state index contributed by atoms with van der Waals surface area (Å²) < 4.78 is 6.95. The van der Waals surface area contributed by atoms with Crippen molar-refractivity contribution in [3.05, 3.63) is 52.8 Å². The molecule has 1 aromatic carbocycles. The minimum absolute atomic E-state index is 0.0441. The fraction of sp³-hybridized carbons (Fsp3) is 0.214. The van der Waals surface area contributed by atoms with Crippen LogP contribution in [0, 0.1) is 6.92 Å². The highest BCUT2D eigenvalue weighted by Gasteiger charge is 2.24. The van der Waals surface area contributed by atoms with E-state index in [9.17, 15) is 4.79 Å². The van der Waals surface area contributed by atoms with Crippen LogP contribution in [-0.4, -0.2) is 17.6 Å². The lowest BCUT2D eigenvalue weighted by Gasteiger charge is -2.19. The van der Waals surface area contributed by atoms with Crippen LogP contribution < -0.4 is 4.74 Å². The molecule has 2 aromatic rings. The van der Waals surface area contributed by atoms with Crippen LogP contribution in [-0.2, 0) is 6.42 Å². The van der Waals surface area contributed by atoms with Gasteiger partial charge in [-0.05, 0) is 36.8 Å². The number of aromatic nitrogens is 1. The van der Waals surface area contributed by atoms with E-state index in [0.29, 0.717) is 0 Å². The van der Waals surface area contributed by atoms with E-state index < -0.39 is 0 Å². The number of benzene rings is 1. The molecule has 17 heavy (non-hydrogen) atoms. The van der Waals surface area contributed by atoms with Gasteiger partial charge in [-0.3, -0.25) is 9.36 Å². The highest BCUT2D eigenvalue weighted by atomic mass is 16.5. The van der Waals surface area contributed by atoms with Crippen LogP contribution in [0.2, 0.25) is 0 Å². The standard InChI is InChI=1S/C14H13NO2/c1-9-3-5-11-7-10-4-6-12(17-2)8-13(10)14(16)15(9)11/h3-6,8H,7H2,1-2H3. The van der Waals surface area contributed by atoms with Gasteiger partial charge in [-0.15, -0.1) is 0 Å². The predicted molar refractivity (Wildman–Crippen MR) is 64.7 cm³/mol. The van der Waals surface area contributed by atoms with Gasteiger partial charge in [0.15, 0.2) is 0 Å². The molecule has 0 atom stereocenters. The van der Waals surface area contributed by atoms with Gasteiger partial charge in [-0.2, -0.15) is 0 Å². The molecule has 3 rings (SSSR count). The number of carbonyl (C=O) groups is 1. The largest absolute Gasteiger partial charge is 0.497 e. The summed E-state index contributed by atoms with van der Waals surface area (Å²) in [7, 11) is 1.61. The quantitative estimate of drug-likeness (QED) is 0.639. The third kappa shape index (κ3) is 1.39. The maximum absolute atomic E-state index is 12.4. The highest BCUT2D eigenvalue weighted by Crippen LogP contribution is 2.27. The van der Waals surface area contributed by atoms with Crippen molar-refractivity contribution in [1.29, 1.82) is 0 Å². The second kappa shape index (κ2) is 3.48. The summed E-state index contributed by atoms with van der Waals surface area (Å²) in [5.41, 5.74) is 3.86. The summed E-state index contributed by atoms with van der Waals surface area (Å²) in [4.78, 5) is 12.4. The van der Waals surface area contributed by atoms with Crippen molar-refractivity contribution in [2.24, 2.45) is 0 Å². The molecule has 0 radical (unpaired) electrons. The van der Waals surface area contributed by atoms with Gasteiger partial charge in [0.1, 0.15) is 5.75 Å². The Kier molecular flexibility index (Phi) is 2.08. The molecule has 0 bridgehead atoms. The molecular formula is C14H13NO2. The summed E-state index contributed by atoms with van der Waals surface area (Å²) >= 11 is 0. The summed E-state index contributed by atoms with van der Waals surface area (Å²) in [6.07, 6.45) is 0.804. The number of methoxy groups -OCH3 is 1. The Morgan fingerprint density at radius 1 is 1.24 bits per heavy atom. The van der Waals surface area contributed by atoms with Gasteiger partial charge in [0.25, 0.3) is 5.91 Å². The molecule has 0 fully saturated rings. The molecule has 0 aliphatic carbocycles. The highest BCUT2D eigenvalue weighted by molar-refractivity contribution is 6.00. The smallest absolute Gasteiger partial charge is 0.262 e. The topological polar surface area (TPSA) is 31.2 Å². The molecule has 0 amide bonds. The van der Waals surface area contributed by atoms with E-state index in [2.05, 4.69) is 0 Å². The van der Waals surface area contributed by atoms with Gasteiger partial charge in [-0.25, -0.2) is 0 Å². The molecule has 0 saturated carbocycles. The summed E-state index contributed by atoms with van der Waals surface area (Å²) in [6, 6.07) is 9.69. The van der Waals surface area contributed by atoms with E-state index in [1.807, 2.05) is 37.3 Å².